The number of carbonyl (C=O) groups is 1. The molecule has 0 saturated carbocycles. The van der Waals surface area contributed by atoms with Gasteiger partial charge in [-0.2, -0.15) is 0 Å². The van der Waals surface area contributed by atoms with E-state index in [1.54, 1.807) is 32.0 Å². The zero-order valence-corrected chi connectivity index (χ0v) is 11.9. The van der Waals surface area contributed by atoms with E-state index in [0.717, 1.165) is 5.56 Å². The molecule has 18 heavy (non-hydrogen) atoms. The van der Waals surface area contributed by atoms with Gasteiger partial charge in [0, 0.05) is 0 Å². The maximum absolute atomic E-state index is 12.2. The molecule has 0 aliphatic heterocycles. The first kappa shape index (κ1) is 14.7. The van der Waals surface area contributed by atoms with Crippen LogP contribution in [0.25, 0.3) is 0 Å². The standard InChI is InChI=1S/C13H18O4S/c1-9(2)18(15,16)12-6-5-10(3)7-11(12)8-13(14)17-4/h5-7,9H,8H2,1-4H3. The lowest BCUT2D eigenvalue weighted by Gasteiger charge is -2.13. The molecular formula is C13H18O4S. The van der Waals surface area contributed by atoms with Crippen molar-refractivity contribution < 1.29 is 17.9 Å². The molecule has 0 saturated heterocycles. The van der Waals surface area contributed by atoms with E-state index in [1.165, 1.54) is 7.11 Å². The Kier molecular flexibility index (Phi) is 4.51. The quantitative estimate of drug-likeness (QED) is 0.784. The number of methoxy groups -OCH3 is 1. The van der Waals surface area contributed by atoms with Crippen LogP contribution in [0, 0.1) is 6.92 Å². The highest BCUT2D eigenvalue weighted by Gasteiger charge is 2.23. The summed E-state index contributed by atoms with van der Waals surface area (Å²) in [5, 5.41) is -0.517. The molecule has 0 aliphatic carbocycles. The van der Waals surface area contributed by atoms with Gasteiger partial charge in [-0.1, -0.05) is 17.7 Å². The van der Waals surface area contributed by atoms with E-state index in [4.69, 9.17) is 0 Å². The van der Waals surface area contributed by atoms with Gasteiger partial charge in [-0.05, 0) is 32.4 Å². The van der Waals surface area contributed by atoms with Crippen LogP contribution in [0.15, 0.2) is 23.1 Å². The topological polar surface area (TPSA) is 60.4 Å². The summed E-state index contributed by atoms with van der Waals surface area (Å²) in [5.74, 6) is -0.444. The molecule has 0 heterocycles. The summed E-state index contributed by atoms with van der Waals surface area (Å²) in [6.45, 7) is 5.10. The number of aryl methyl sites for hydroxylation is 1. The molecular weight excluding hydrogens is 252 g/mol. The van der Waals surface area contributed by atoms with E-state index in [0.29, 0.717) is 5.56 Å². The summed E-state index contributed by atoms with van der Waals surface area (Å²) in [6.07, 6.45) is -0.0283. The molecule has 0 amide bonds. The van der Waals surface area contributed by atoms with Gasteiger partial charge in [0.05, 0.1) is 23.7 Å². The first-order chi connectivity index (χ1) is 8.28. The third kappa shape index (κ3) is 3.10. The molecule has 1 rings (SSSR count). The Morgan fingerprint density at radius 3 is 2.44 bits per heavy atom. The molecule has 0 fully saturated rings. The highest BCUT2D eigenvalue weighted by molar-refractivity contribution is 7.92. The number of benzene rings is 1. The largest absolute Gasteiger partial charge is 0.469 e. The fourth-order valence-electron chi connectivity index (χ4n) is 1.61. The van der Waals surface area contributed by atoms with Crippen molar-refractivity contribution >= 4 is 15.8 Å². The minimum absolute atomic E-state index is 0.0283. The lowest BCUT2D eigenvalue weighted by atomic mass is 10.1. The summed E-state index contributed by atoms with van der Waals surface area (Å²) in [6, 6.07) is 5.01. The number of ether oxygens (including phenoxy) is 1. The van der Waals surface area contributed by atoms with Crippen LogP contribution in [0.1, 0.15) is 25.0 Å². The SMILES string of the molecule is COC(=O)Cc1cc(C)ccc1S(=O)(=O)C(C)C. The smallest absolute Gasteiger partial charge is 0.310 e. The monoisotopic (exact) mass is 270 g/mol. The van der Waals surface area contributed by atoms with Gasteiger partial charge in [0.25, 0.3) is 0 Å². The van der Waals surface area contributed by atoms with Gasteiger partial charge in [-0.15, -0.1) is 0 Å². The van der Waals surface area contributed by atoms with Gasteiger partial charge in [-0.3, -0.25) is 4.79 Å². The Morgan fingerprint density at radius 1 is 1.33 bits per heavy atom. The van der Waals surface area contributed by atoms with Gasteiger partial charge in [0.1, 0.15) is 0 Å². The van der Waals surface area contributed by atoms with Crippen LogP contribution in [0.5, 0.6) is 0 Å². The molecule has 5 heteroatoms. The van der Waals surface area contributed by atoms with Crippen LogP contribution in [0.3, 0.4) is 0 Å². The van der Waals surface area contributed by atoms with E-state index in [9.17, 15) is 13.2 Å². The van der Waals surface area contributed by atoms with Crippen LogP contribution >= 0.6 is 0 Å². The molecule has 0 spiro atoms. The summed E-state index contributed by atoms with van der Waals surface area (Å²) in [5.41, 5.74) is 1.41. The predicted octanol–water partition coefficient (Wildman–Crippen LogP) is 1.89. The molecule has 0 unspecified atom stereocenters. The van der Waals surface area contributed by atoms with Gasteiger partial charge in [0.2, 0.25) is 0 Å². The Balaban J connectivity index is 3.32. The first-order valence-electron chi connectivity index (χ1n) is 5.69. The van der Waals surface area contributed by atoms with Crippen molar-refractivity contribution in [1.82, 2.24) is 0 Å². The van der Waals surface area contributed by atoms with Crippen molar-refractivity contribution in [3.63, 3.8) is 0 Å². The Morgan fingerprint density at radius 2 is 1.94 bits per heavy atom. The first-order valence-corrected chi connectivity index (χ1v) is 7.24. The molecule has 0 aliphatic rings. The predicted molar refractivity (Wildman–Crippen MR) is 69.2 cm³/mol. The van der Waals surface area contributed by atoms with Gasteiger partial charge < -0.3 is 4.74 Å². The van der Waals surface area contributed by atoms with Crippen LogP contribution < -0.4 is 0 Å². The normalized spacial score (nSPS) is 11.6. The fourth-order valence-corrected chi connectivity index (χ4v) is 2.87. The minimum Gasteiger partial charge on any atom is -0.469 e. The third-order valence-corrected chi connectivity index (χ3v) is 4.96. The van der Waals surface area contributed by atoms with Crippen LogP contribution in [-0.2, 0) is 25.8 Å². The van der Waals surface area contributed by atoms with E-state index in [-0.39, 0.29) is 11.3 Å². The molecule has 0 aromatic heterocycles. The van der Waals surface area contributed by atoms with E-state index in [2.05, 4.69) is 4.74 Å². The number of rotatable bonds is 4. The number of esters is 1. The summed E-state index contributed by atoms with van der Waals surface area (Å²) < 4.78 is 29.0. The minimum atomic E-state index is -3.39. The van der Waals surface area contributed by atoms with Crippen molar-refractivity contribution in [1.29, 1.82) is 0 Å². The average Bonchev–Trinajstić information content (AvgIpc) is 2.28. The van der Waals surface area contributed by atoms with Crippen molar-refractivity contribution in [2.75, 3.05) is 7.11 Å². The molecule has 0 radical (unpaired) electrons. The maximum Gasteiger partial charge on any atom is 0.310 e. The Bertz CT molecular complexity index is 544. The Hall–Kier alpha value is -1.36. The zero-order chi connectivity index (χ0) is 13.9. The average molecular weight is 270 g/mol. The molecule has 0 N–H and O–H groups in total. The van der Waals surface area contributed by atoms with Crippen LogP contribution in [0.4, 0.5) is 0 Å². The lowest BCUT2D eigenvalue weighted by molar-refractivity contribution is -0.139. The highest BCUT2D eigenvalue weighted by atomic mass is 32.2. The van der Waals surface area contributed by atoms with Crippen LogP contribution in [-0.4, -0.2) is 26.7 Å². The molecule has 1 aromatic carbocycles. The van der Waals surface area contributed by atoms with Crippen LogP contribution in [0.2, 0.25) is 0 Å². The second-order valence-electron chi connectivity index (χ2n) is 4.46. The second kappa shape index (κ2) is 5.52. The summed E-state index contributed by atoms with van der Waals surface area (Å²) in [7, 11) is -2.10. The molecule has 0 bridgehead atoms. The Labute approximate surface area is 108 Å². The van der Waals surface area contributed by atoms with Crippen molar-refractivity contribution in [3.05, 3.63) is 29.3 Å². The number of carbonyl (C=O) groups excluding carboxylic acids is 1. The zero-order valence-electron chi connectivity index (χ0n) is 11.1. The summed E-state index contributed by atoms with van der Waals surface area (Å²) >= 11 is 0. The van der Waals surface area contributed by atoms with Crippen molar-refractivity contribution in [3.8, 4) is 0 Å². The van der Waals surface area contributed by atoms with Crippen molar-refractivity contribution in [2.24, 2.45) is 0 Å². The number of hydrogen-bond donors (Lipinski definition) is 0. The van der Waals surface area contributed by atoms with E-state index < -0.39 is 21.1 Å². The van der Waals surface area contributed by atoms with Gasteiger partial charge in [0.15, 0.2) is 9.84 Å². The highest BCUT2D eigenvalue weighted by Crippen LogP contribution is 2.22. The van der Waals surface area contributed by atoms with E-state index in [1.807, 2.05) is 6.92 Å². The summed E-state index contributed by atoms with van der Waals surface area (Å²) in [4.78, 5) is 11.5. The molecule has 100 valence electrons. The molecule has 0 atom stereocenters. The van der Waals surface area contributed by atoms with E-state index >= 15 is 0 Å². The maximum atomic E-state index is 12.2. The molecule has 1 aromatic rings. The van der Waals surface area contributed by atoms with Crippen molar-refractivity contribution in [2.45, 2.75) is 37.3 Å². The molecule has 4 nitrogen and oxygen atoms in total. The second-order valence-corrected chi connectivity index (χ2v) is 6.93. The lowest BCUT2D eigenvalue weighted by Crippen LogP contribution is -2.17. The third-order valence-electron chi connectivity index (χ3n) is 2.71. The fraction of sp³-hybridized carbons (Fsp3) is 0.462. The van der Waals surface area contributed by atoms with Gasteiger partial charge >= 0.3 is 5.97 Å². The number of hydrogen-bond acceptors (Lipinski definition) is 4. The number of sulfone groups is 1. The van der Waals surface area contributed by atoms with Gasteiger partial charge in [-0.25, -0.2) is 8.42 Å².